The average molecular weight is 311 g/mol. The van der Waals surface area contributed by atoms with E-state index < -0.39 is 4.92 Å². The van der Waals surface area contributed by atoms with Crippen LogP contribution in [-0.2, 0) is 27.1 Å². The molecule has 2 rings (SSSR count). The topological polar surface area (TPSA) is 99.0 Å². The molecule has 0 radical (unpaired) electrons. The largest absolute Gasteiger partial charge is 0.390 e. The second kappa shape index (κ2) is 6.27. The van der Waals surface area contributed by atoms with E-state index in [4.69, 9.17) is 0 Å². The fourth-order valence-corrected chi connectivity index (χ4v) is 3.00. The number of hydrogen-bond acceptors (Lipinski definition) is 6. The van der Waals surface area contributed by atoms with E-state index in [0.717, 1.165) is 6.42 Å². The van der Waals surface area contributed by atoms with E-state index >= 15 is 0 Å². The Labute approximate surface area is 125 Å². The first kappa shape index (κ1) is 15.5. The number of imidazole rings is 1. The monoisotopic (exact) mass is 311 g/mol. The smallest absolute Gasteiger partial charge is 0.324 e. The number of aromatic nitrogens is 4. The van der Waals surface area contributed by atoms with Crippen LogP contribution in [0.15, 0.2) is 16.4 Å². The van der Waals surface area contributed by atoms with Crippen LogP contribution < -0.4 is 0 Å². The summed E-state index contributed by atoms with van der Waals surface area (Å²) < 4.78 is 3.22. The highest BCUT2D eigenvalue weighted by atomic mass is 32.2. The molecule has 0 aromatic carbocycles. The van der Waals surface area contributed by atoms with Gasteiger partial charge in [0.05, 0.1) is 23.4 Å². The third kappa shape index (κ3) is 2.93. The maximum atomic E-state index is 11.3. The van der Waals surface area contributed by atoms with Crippen LogP contribution in [0.5, 0.6) is 0 Å². The molecule has 9 heteroatoms. The standard InChI is InChI=1S/C12H17N5O3S/c1-4-5-9-10(17(19)20)11(16(3)14-9)21-12-13-6-8(7-18)15(12)2/h6,18H,4-5,7H2,1-3H3. The fourth-order valence-electron chi connectivity index (χ4n) is 2.01. The Balaban J connectivity index is 2.43. The van der Waals surface area contributed by atoms with E-state index in [1.165, 1.54) is 16.4 Å². The van der Waals surface area contributed by atoms with Crippen molar-refractivity contribution in [2.24, 2.45) is 14.1 Å². The van der Waals surface area contributed by atoms with E-state index in [1.807, 2.05) is 6.92 Å². The molecule has 0 bridgehead atoms. The zero-order valence-electron chi connectivity index (χ0n) is 12.1. The van der Waals surface area contributed by atoms with Gasteiger partial charge in [-0.3, -0.25) is 14.8 Å². The molecule has 0 amide bonds. The second-order valence-electron chi connectivity index (χ2n) is 4.58. The molecule has 21 heavy (non-hydrogen) atoms. The van der Waals surface area contributed by atoms with Crippen molar-refractivity contribution in [1.82, 2.24) is 19.3 Å². The number of hydrogen-bond donors (Lipinski definition) is 1. The molecule has 0 saturated carbocycles. The highest BCUT2D eigenvalue weighted by Gasteiger charge is 2.27. The van der Waals surface area contributed by atoms with Crippen molar-refractivity contribution < 1.29 is 10.0 Å². The van der Waals surface area contributed by atoms with Crippen molar-refractivity contribution in [3.8, 4) is 0 Å². The lowest BCUT2D eigenvalue weighted by molar-refractivity contribution is -0.388. The van der Waals surface area contributed by atoms with Crippen molar-refractivity contribution in [2.75, 3.05) is 0 Å². The van der Waals surface area contributed by atoms with Crippen molar-refractivity contribution in [3.63, 3.8) is 0 Å². The zero-order chi connectivity index (χ0) is 15.6. The summed E-state index contributed by atoms with van der Waals surface area (Å²) in [7, 11) is 3.44. The Morgan fingerprint density at radius 1 is 1.48 bits per heavy atom. The van der Waals surface area contributed by atoms with Gasteiger partial charge in [0.15, 0.2) is 10.2 Å². The minimum atomic E-state index is -0.393. The summed E-state index contributed by atoms with van der Waals surface area (Å²) in [5.74, 6) is 0. The summed E-state index contributed by atoms with van der Waals surface area (Å²) in [4.78, 5) is 15.1. The first-order valence-corrected chi connectivity index (χ1v) is 7.30. The zero-order valence-corrected chi connectivity index (χ0v) is 12.9. The second-order valence-corrected chi connectivity index (χ2v) is 5.54. The molecule has 2 heterocycles. The molecule has 2 aromatic rings. The van der Waals surface area contributed by atoms with Crippen LogP contribution in [0.1, 0.15) is 24.7 Å². The average Bonchev–Trinajstić information content (AvgIpc) is 2.92. The van der Waals surface area contributed by atoms with Crippen LogP contribution in [0.3, 0.4) is 0 Å². The summed E-state index contributed by atoms with van der Waals surface area (Å²) in [5, 5.41) is 25.8. The van der Waals surface area contributed by atoms with Crippen LogP contribution in [-0.4, -0.2) is 29.4 Å². The van der Waals surface area contributed by atoms with Gasteiger partial charge in [0.2, 0.25) is 0 Å². The fraction of sp³-hybridized carbons (Fsp3) is 0.500. The molecule has 0 aliphatic rings. The normalized spacial score (nSPS) is 11.0. The molecule has 0 atom stereocenters. The van der Waals surface area contributed by atoms with E-state index in [2.05, 4.69) is 10.1 Å². The van der Waals surface area contributed by atoms with Crippen molar-refractivity contribution >= 4 is 17.4 Å². The number of aryl methyl sites for hydroxylation is 2. The van der Waals surface area contributed by atoms with Crippen molar-refractivity contribution in [2.45, 2.75) is 36.6 Å². The van der Waals surface area contributed by atoms with Gasteiger partial charge in [-0.25, -0.2) is 4.98 Å². The van der Waals surface area contributed by atoms with Gasteiger partial charge in [-0.15, -0.1) is 0 Å². The van der Waals surface area contributed by atoms with Crippen molar-refractivity contribution in [1.29, 1.82) is 0 Å². The van der Waals surface area contributed by atoms with Gasteiger partial charge in [0, 0.05) is 14.1 Å². The highest BCUT2D eigenvalue weighted by Crippen LogP contribution is 2.36. The lowest BCUT2D eigenvalue weighted by Gasteiger charge is -2.03. The maximum absolute atomic E-state index is 11.3. The molecule has 0 saturated heterocycles. The van der Waals surface area contributed by atoms with E-state index in [9.17, 15) is 15.2 Å². The Bertz CT molecular complexity index is 664. The minimum absolute atomic E-state index is 0.0397. The van der Waals surface area contributed by atoms with Crippen LogP contribution in [0.25, 0.3) is 0 Å². The number of nitrogens with zero attached hydrogens (tertiary/aromatic N) is 5. The molecule has 0 spiro atoms. The van der Waals surface area contributed by atoms with Gasteiger partial charge in [0.1, 0.15) is 5.69 Å². The molecule has 0 aliphatic heterocycles. The van der Waals surface area contributed by atoms with Gasteiger partial charge < -0.3 is 9.67 Å². The van der Waals surface area contributed by atoms with E-state index in [-0.39, 0.29) is 12.3 Å². The third-order valence-electron chi connectivity index (χ3n) is 3.10. The molecule has 8 nitrogen and oxygen atoms in total. The summed E-state index contributed by atoms with van der Waals surface area (Å²) in [6.45, 7) is 1.83. The Morgan fingerprint density at radius 3 is 2.71 bits per heavy atom. The lowest BCUT2D eigenvalue weighted by Crippen LogP contribution is -2.00. The number of aliphatic hydroxyl groups excluding tert-OH is 1. The molecule has 0 unspecified atom stereocenters. The first-order valence-electron chi connectivity index (χ1n) is 6.49. The maximum Gasteiger partial charge on any atom is 0.324 e. The number of nitro groups is 1. The Kier molecular flexibility index (Phi) is 4.63. The van der Waals surface area contributed by atoms with E-state index in [0.29, 0.717) is 28.0 Å². The molecule has 114 valence electrons. The quantitative estimate of drug-likeness (QED) is 0.643. The molecule has 0 aliphatic carbocycles. The number of aliphatic hydroxyl groups is 1. The minimum Gasteiger partial charge on any atom is -0.390 e. The predicted octanol–water partition coefficient (Wildman–Crippen LogP) is 1.66. The first-order chi connectivity index (χ1) is 9.99. The van der Waals surface area contributed by atoms with Crippen LogP contribution in [0, 0.1) is 10.1 Å². The Morgan fingerprint density at radius 2 is 2.19 bits per heavy atom. The van der Waals surface area contributed by atoms with E-state index in [1.54, 1.807) is 24.9 Å². The van der Waals surface area contributed by atoms with Gasteiger partial charge in [-0.1, -0.05) is 13.3 Å². The molecule has 0 fully saturated rings. The van der Waals surface area contributed by atoms with Crippen LogP contribution in [0.4, 0.5) is 5.69 Å². The number of rotatable bonds is 6. The summed E-state index contributed by atoms with van der Waals surface area (Å²) in [6.07, 6.45) is 2.91. The van der Waals surface area contributed by atoms with Gasteiger partial charge in [0.25, 0.3) is 0 Å². The van der Waals surface area contributed by atoms with Crippen molar-refractivity contribution in [3.05, 3.63) is 27.7 Å². The van der Waals surface area contributed by atoms with Crippen LogP contribution in [0.2, 0.25) is 0 Å². The Hall–Kier alpha value is -1.87. The third-order valence-corrected chi connectivity index (χ3v) is 4.31. The SMILES string of the molecule is CCCc1nn(C)c(Sc2ncc(CO)n2C)c1[N+](=O)[O-]. The molecular formula is C12H17N5O3S. The summed E-state index contributed by atoms with van der Waals surface area (Å²) in [5.41, 5.74) is 1.18. The van der Waals surface area contributed by atoms with Gasteiger partial charge in [-0.2, -0.15) is 5.10 Å². The van der Waals surface area contributed by atoms with Gasteiger partial charge in [-0.05, 0) is 18.2 Å². The summed E-state index contributed by atoms with van der Waals surface area (Å²) >= 11 is 1.18. The molecule has 1 N–H and O–H groups in total. The molecular weight excluding hydrogens is 294 g/mol. The highest BCUT2D eigenvalue weighted by molar-refractivity contribution is 7.99. The molecule has 2 aromatic heterocycles. The summed E-state index contributed by atoms with van der Waals surface area (Å²) in [6, 6.07) is 0. The lowest BCUT2D eigenvalue weighted by atomic mass is 10.2. The predicted molar refractivity (Wildman–Crippen MR) is 77.1 cm³/mol. The van der Waals surface area contributed by atoms with Gasteiger partial charge >= 0.3 is 5.69 Å². The van der Waals surface area contributed by atoms with Crippen LogP contribution >= 0.6 is 11.8 Å².